The topological polar surface area (TPSA) is 64.1 Å². The summed E-state index contributed by atoms with van der Waals surface area (Å²) in [4.78, 5) is 0. The van der Waals surface area contributed by atoms with Crippen LogP contribution in [0.15, 0.2) is 0 Å². The standard InChI is InChI=1S/C10H18ClN3O/c1-7-8(9(11)14(3)13-7)4-10(2,5-12)6-15/h15H,4-6,12H2,1-3H3. The molecule has 5 heteroatoms. The Morgan fingerprint density at radius 1 is 1.60 bits per heavy atom. The van der Waals surface area contributed by atoms with Gasteiger partial charge in [0.1, 0.15) is 5.15 Å². The van der Waals surface area contributed by atoms with Crippen molar-refractivity contribution in [2.75, 3.05) is 13.2 Å². The Labute approximate surface area is 95.0 Å². The fraction of sp³-hybridized carbons (Fsp3) is 0.700. The molecule has 1 heterocycles. The van der Waals surface area contributed by atoms with E-state index in [0.29, 0.717) is 18.1 Å². The maximum Gasteiger partial charge on any atom is 0.130 e. The average Bonchev–Trinajstić information content (AvgIpc) is 2.45. The molecule has 0 aliphatic heterocycles. The molecule has 1 atom stereocenters. The van der Waals surface area contributed by atoms with E-state index in [9.17, 15) is 5.11 Å². The van der Waals surface area contributed by atoms with Gasteiger partial charge in [0.15, 0.2) is 0 Å². The maximum atomic E-state index is 9.28. The molecule has 0 spiro atoms. The van der Waals surface area contributed by atoms with Gasteiger partial charge in [0, 0.05) is 31.2 Å². The van der Waals surface area contributed by atoms with Crippen molar-refractivity contribution in [3.05, 3.63) is 16.4 Å². The van der Waals surface area contributed by atoms with Gasteiger partial charge in [0.2, 0.25) is 0 Å². The molecule has 0 aromatic carbocycles. The predicted molar refractivity (Wildman–Crippen MR) is 60.9 cm³/mol. The van der Waals surface area contributed by atoms with Crippen LogP contribution in [0.5, 0.6) is 0 Å². The first kappa shape index (κ1) is 12.5. The molecule has 0 bridgehead atoms. The summed E-state index contributed by atoms with van der Waals surface area (Å²) in [5.41, 5.74) is 7.19. The third kappa shape index (κ3) is 2.51. The van der Waals surface area contributed by atoms with E-state index < -0.39 is 0 Å². The second-order valence-electron chi connectivity index (χ2n) is 4.33. The van der Waals surface area contributed by atoms with Crippen molar-refractivity contribution in [1.82, 2.24) is 9.78 Å². The molecular weight excluding hydrogens is 214 g/mol. The van der Waals surface area contributed by atoms with Crippen LogP contribution in [0, 0.1) is 12.3 Å². The lowest BCUT2D eigenvalue weighted by atomic mass is 9.85. The quantitative estimate of drug-likeness (QED) is 0.809. The number of hydrogen-bond acceptors (Lipinski definition) is 3. The van der Waals surface area contributed by atoms with Crippen molar-refractivity contribution < 1.29 is 5.11 Å². The summed E-state index contributed by atoms with van der Waals surface area (Å²) in [6.07, 6.45) is 0.651. The lowest BCUT2D eigenvalue weighted by molar-refractivity contribution is 0.149. The molecule has 1 aromatic rings. The number of halogens is 1. The van der Waals surface area contributed by atoms with Gasteiger partial charge in [-0.25, -0.2) is 0 Å². The molecular formula is C10H18ClN3O. The van der Waals surface area contributed by atoms with E-state index in [-0.39, 0.29) is 12.0 Å². The number of rotatable bonds is 4. The summed E-state index contributed by atoms with van der Waals surface area (Å²) in [5, 5.41) is 14.1. The van der Waals surface area contributed by atoms with Crippen molar-refractivity contribution in [2.24, 2.45) is 18.2 Å². The second kappa shape index (κ2) is 4.51. The Balaban J connectivity index is 2.98. The number of aliphatic hydroxyl groups excluding tert-OH is 1. The van der Waals surface area contributed by atoms with Crippen LogP contribution in [0.25, 0.3) is 0 Å². The van der Waals surface area contributed by atoms with Crippen molar-refractivity contribution >= 4 is 11.6 Å². The van der Waals surface area contributed by atoms with Crippen LogP contribution in [0.2, 0.25) is 5.15 Å². The molecule has 1 aromatic heterocycles. The minimum absolute atomic E-state index is 0.0498. The zero-order valence-electron chi connectivity index (χ0n) is 9.42. The average molecular weight is 232 g/mol. The fourth-order valence-electron chi connectivity index (χ4n) is 1.49. The van der Waals surface area contributed by atoms with Crippen LogP contribution in [0.1, 0.15) is 18.2 Å². The molecule has 0 saturated heterocycles. The maximum absolute atomic E-state index is 9.28. The molecule has 0 aliphatic rings. The Hall–Kier alpha value is -0.580. The van der Waals surface area contributed by atoms with Gasteiger partial charge < -0.3 is 10.8 Å². The normalized spacial score (nSPS) is 15.3. The van der Waals surface area contributed by atoms with E-state index in [0.717, 1.165) is 11.3 Å². The third-order valence-corrected chi connectivity index (χ3v) is 3.22. The highest BCUT2D eigenvalue weighted by molar-refractivity contribution is 6.30. The van der Waals surface area contributed by atoms with Gasteiger partial charge in [-0.15, -0.1) is 0 Å². The predicted octanol–water partition coefficient (Wildman–Crippen LogP) is 0.882. The molecule has 0 radical (unpaired) electrons. The fourth-order valence-corrected chi connectivity index (χ4v) is 1.74. The van der Waals surface area contributed by atoms with E-state index in [1.807, 2.05) is 13.8 Å². The largest absolute Gasteiger partial charge is 0.396 e. The number of nitrogens with two attached hydrogens (primary N) is 1. The molecule has 0 saturated carbocycles. The lowest BCUT2D eigenvalue weighted by Crippen LogP contribution is -2.33. The van der Waals surface area contributed by atoms with Crippen molar-refractivity contribution in [3.63, 3.8) is 0 Å². The first-order valence-electron chi connectivity index (χ1n) is 4.92. The number of aromatic nitrogens is 2. The summed E-state index contributed by atoms with van der Waals surface area (Å²) >= 11 is 6.11. The van der Waals surface area contributed by atoms with Crippen molar-refractivity contribution in [1.29, 1.82) is 0 Å². The van der Waals surface area contributed by atoms with Crippen LogP contribution in [0.4, 0.5) is 0 Å². The van der Waals surface area contributed by atoms with Gasteiger partial charge in [-0.1, -0.05) is 18.5 Å². The monoisotopic (exact) mass is 231 g/mol. The Kier molecular flexibility index (Phi) is 3.76. The van der Waals surface area contributed by atoms with Crippen molar-refractivity contribution in [2.45, 2.75) is 20.3 Å². The summed E-state index contributed by atoms with van der Waals surface area (Å²) in [5.74, 6) is 0. The van der Waals surface area contributed by atoms with Gasteiger partial charge >= 0.3 is 0 Å². The van der Waals surface area contributed by atoms with Crippen LogP contribution in [-0.4, -0.2) is 28.0 Å². The van der Waals surface area contributed by atoms with E-state index in [1.54, 1.807) is 11.7 Å². The Bertz CT molecular complexity index is 345. The Morgan fingerprint density at radius 3 is 2.53 bits per heavy atom. The second-order valence-corrected chi connectivity index (χ2v) is 4.69. The molecule has 15 heavy (non-hydrogen) atoms. The molecule has 1 unspecified atom stereocenters. The summed E-state index contributed by atoms with van der Waals surface area (Å²) in [6, 6.07) is 0. The van der Waals surface area contributed by atoms with E-state index >= 15 is 0 Å². The number of hydrogen-bond donors (Lipinski definition) is 2. The van der Waals surface area contributed by atoms with Gasteiger partial charge in [-0.05, 0) is 13.3 Å². The van der Waals surface area contributed by atoms with Crippen LogP contribution < -0.4 is 5.73 Å². The zero-order chi connectivity index (χ0) is 11.6. The molecule has 86 valence electrons. The molecule has 3 N–H and O–H groups in total. The molecule has 1 rings (SSSR count). The molecule has 0 aliphatic carbocycles. The van der Waals surface area contributed by atoms with Gasteiger partial charge in [0.05, 0.1) is 5.69 Å². The van der Waals surface area contributed by atoms with E-state index in [4.69, 9.17) is 17.3 Å². The number of aliphatic hydroxyl groups is 1. The number of aryl methyl sites for hydroxylation is 2. The van der Waals surface area contributed by atoms with Crippen molar-refractivity contribution in [3.8, 4) is 0 Å². The first-order chi connectivity index (χ1) is 6.93. The van der Waals surface area contributed by atoms with E-state index in [2.05, 4.69) is 5.10 Å². The minimum atomic E-state index is -0.322. The molecule has 0 fully saturated rings. The first-order valence-corrected chi connectivity index (χ1v) is 5.30. The number of nitrogens with zero attached hydrogens (tertiary/aromatic N) is 2. The minimum Gasteiger partial charge on any atom is -0.396 e. The highest BCUT2D eigenvalue weighted by atomic mass is 35.5. The zero-order valence-corrected chi connectivity index (χ0v) is 10.2. The summed E-state index contributed by atoms with van der Waals surface area (Å²) in [7, 11) is 1.80. The SMILES string of the molecule is Cc1nn(C)c(Cl)c1CC(C)(CN)CO. The lowest BCUT2D eigenvalue weighted by Gasteiger charge is -2.25. The summed E-state index contributed by atoms with van der Waals surface area (Å²) < 4.78 is 1.64. The summed E-state index contributed by atoms with van der Waals surface area (Å²) in [6.45, 7) is 4.33. The Morgan fingerprint density at radius 2 is 2.20 bits per heavy atom. The molecule has 0 amide bonds. The van der Waals surface area contributed by atoms with Crippen LogP contribution in [-0.2, 0) is 13.5 Å². The smallest absolute Gasteiger partial charge is 0.130 e. The van der Waals surface area contributed by atoms with Gasteiger partial charge in [0.25, 0.3) is 0 Å². The highest BCUT2D eigenvalue weighted by Gasteiger charge is 2.25. The third-order valence-electron chi connectivity index (χ3n) is 2.75. The molecule has 4 nitrogen and oxygen atoms in total. The van der Waals surface area contributed by atoms with E-state index in [1.165, 1.54) is 0 Å². The van der Waals surface area contributed by atoms with Gasteiger partial charge in [-0.2, -0.15) is 5.10 Å². The highest BCUT2D eigenvalue weighted by Crippen LogP contribution is 2.27. The van der Waals surface area contributed by atoms with Crippen LogP contribution in [0.3, 0.4) is 0 Å². The van der Waals surface area contributed by atoms with Crippen LogP contribution >= 0.6 is 11.6 Å². The van der Waals surface area contributed by atoms with Gasteiger partial charge in [-0.3, -0.25) is 4.68 Å².